The van der Waals surface area contributed by atoms with Gasteiger partial charge in [-0.2, -0.15) is 0 Å². The summed E-state index contributed by atoms with van der Waals surface area (Å²) in [6.45, 7) is 5.98. The van der Waals surface area contributed by atoms with Crippen molar-refractivity contribution >= 4 is 39.1 Å². The van der Waals surface area contributed by atoms with Crippen LogP contribution in [0.15, 0.2) is 63.2 Å². The number of aromatic nitrogens is 4. The molecule has 0 aliphatic rings. The Morgan fingerprint density at radius 3 is 2.43 bits per heavy atom. The second-order valence-corrected chi connectivity index (χ2v) is 8.95. The molecule has 0 saturated heterocycles. The maximum absolute atomic E-state index is 12.9. The molecule has 0 unspecified atom stereocenters. The molecule has 4 rings (SSSR count). The van der Waals surface area contributed by atoms with Crippen molar-refractivity contribution in [1.29, 1.82) is 0 Å². The molecule has 0 atom stereocenters. The van der Waals surface area contributed by atoms with Crippen LogP contribution in [-0.2, 0) is 0 Å². The molecule has 2 aromatic carbocycles. The molecule has 0 N–H and O–H groups in total. The molecule has 0 spiro atoms. The van der Waals surface area contributed by atoms with E-state index in [2.05, 4.69) is 26.1 Å². The van der Waals surface area contributed by atoms with Gasteiger partial charge in [0.2, 0.25) is 5.65 Å². The molecule has 0 radical (unpaired) electrons. The summed E-state index contributed by atoms with van der Waals surface area (Å²) in [4.78, 5) is 25.6. The first-order valence-electron chi connectivity index (χ1n) is 9.31. The van der Waals surface area contributed by atoms with Gasteiger partial charge in [-0.15, -0.1) is 10.2 Å². The van der Waals surface area contributed by atoms with Crippen molar-refractivity contribution in [3.8, 4) is 5.69 Å². The Hall–Kier alpha value is -2.71. The zero-order valence-electron chi connectivity index (χ0n) is 16.7. The standard InChI is InChI=1S/C22H19BrN4O2S/c1-13-10-15(3)18(11-14(13)2)19(28)12-30-22-25-24-20-21(29)26(8-9-27(20)22)17-6-4-16(23)5-7-17/h4-11H,12H2,1-3H3. The third-order valence-electron chi connectivity index (χ3n) is 5.02. The van der Waals surface area contributed by atoms with Gasteiger partial charge in [-0.05, 0) is 67.8 Å². The van der Waals surface area contributed by atoms with Crippen molar-refractivity contribution in [2.75, 3.05) is 5.75 Å². The van der Waals surface area contributed by atoms with E-state index < -0.39 is 0 Å². The average molecular weight is 483 g/mol. The fourth-order valence-electron chi connectivity index (χ4n) is 3.24. The lowest BCUT2D eigenvalue weighted by Crippen LogP contribution is -2.20. The van der Waals surface area contributed by atoms with Crippen LogP contribution in [0.25, 0.3) is 11.3 Å². The van der Waals surface area contributed by atoms with Crippen molar-refractivity contribution in [3.05, 3.63) is 85.9 Å². The summed E-state index contributed by atoms with van der Waals surface area (Å²) >= 11 is 4.67. The molecule has 0 aliphatic heterocycles. The number of fused-ring (bicyclic) bond motifs is 1. The van der Waals surface area contributed by atoms with E-state index in [1.54, 1.807) is 16.8 Å². The highest BCUT2D eigenvalue weighted by molar-refractivity contribution is 9.10. The Bertz CT molecular complexity index is 1330. The minimum atomic E-state index is -0.268. The number of aryl methyl sites for hydroxylation is 3. The van der Waals surface area contributed by atoms with E-state index in [0.717, 1.165) is 26.9 Å². The van der Waals surface area contributed by atoms with Crippen molar-refractivity contribution in [2.45, 2.75) is 25.9 Å². The molecule has 0 amide bonds. The molecule has 4 aromatic rings. The van der Waals surface area contributed by atoms with Crippen LogP contribution in [-0.4, -0.2) is 30.7 Å². The van der Waals surface area contributed by atoms with Crippen molar-refractivity contribution in [2.24, 2.45) is 0 Å². The second-order valence-electron chi connectivity index (χ2n) is 7.09. The third-order valence-corrected chi connectivity index (χ3v) is 6.49. The van der Waals surface area contributed by atoms with Gasteiger partial charge in [-0.25, -0.2) is 0 Å². The topological polar surface area (TPSA) is 69.3 Å². The molecular weight excluding hydrogens is 464 g/mol. The van der Waals surface area contributed by atoms with Gasteiger partial charge in [0, 0.05) is 28.1 Å². The summed E-state index contributed by atoms with van der Waals surface area (Å²) in [7, 11) is 0. The summed E-state index contributed by atoms with van der Waals surface area (Å²) in [6, 6.07) is 11.4. The first-order chi connectivity index (χ1) is 14.3. The minimum Gasteiger partial charge on any atom is -0.293 e. The summed E-state index contributed by atoms with van der Waals surface area (Å²) < 4.78 is 4.09. The number of thioether (sulfide) groups is 1. The Kier molecular flexibility index (Phi) is 5.62. The quantitative estimate of drug-likeness (QED) is 0.308. The molecular formula is C22H19BrN4O2S. The van der Waals surface area contributed by atoms with E-state index in [9.17, 15) is 9.59 Å². The Morgan fingerprint density at radius 1 is 1.00 bits per heavy atom. The second kappa shape index (κ2) is 8.20. The zero-order valence-corrected chi connectivity index (χ0v) is 19.1. The molecule has 8 heteroatoms. The number of benzene rings is 2. The highest BCUT2D eigenvalue weighted by atomic mass is 79.9. The summed E-state index contributed by atoms with van der Waals surface area (Å²) in [6.07, 6.45) is 3.42. The van der Waals surface area contributed by atoms with E-state index in [-0.39, 0.29) is 22.7 Å². The first-order valence-corrected chi connectivity index (χ1v) is 11.1. The lowest BCUT2D eigenvalue weighted by Gasteiger charge is -2.09. The molecule has 2 heterocycles. The summed E-state index contributed by atoms with van der Waals surface area (Å²) in [5, 5.41) is 8.70. The van der Waals surface area contributed by atoms with Crippen molar-refractivity contribution in [3.63, 3.8) is 0 Å². The van der Waals surface area contributed by atoms with Gasteiger partial charge in [0.15, 0.2) is 10.9 Å². The molecule has 0 bridgehead atoms. The smallest absolute Gasteiger partial charge is 0.293 e. The van der Waals surface area contributed by atoms with Crippen LogP contribution in [0.1, 0.15) is 27.0 Å². The molecule has 0 saturated carbocycles. The van der Waals surface area contributed by atoms with Gasteiger partial charge >= 0.3 is 5.56 Å². The maximum Gasteiger partial charge on any atom is 0.300 e. The van der Waals surface area contributed by atoms with E-state index in [0.29, 0.717) is 5.16 Å². The van der Waals surface area contributed by atoms with Crippen LogP contribution in [0.3, 0.4) is 0 Å². The lowest BCUT2D eigenvalue weighted by atomic mass is 9.99. The fraction of sp³-hybridized carbons (Fsp3) is 0.182. The van der Waals surface area contributed by atoms with E-state index in [1.165, 1.54) is 21.9 Å². The summed E-state index contributed by atoms with van der Waals surface area (Å²) in [5.41, 5.74) is 4.64. The third kappa shape index (κ3) is 3.85. The number of carbonyl (C=O) groups excluding carboxylic acids is 1. The number of nitrogens with zero attached hydrogens (tertiary/aromatic N) is 4. The van der Waals surface area contributed by atoms with Crippen molar-refractivity contribution < 1.29 is 4.79 Å². The molecule has 0 fully saturated rings. The lowest BCUT2D eigenvalue weighted by molar-refractivity contribution is 0.102. The minimum absolute atomic E-state index is 0.0283. The van der Waals surface area contributed by atoms with Gasteiger partial charge in [0.05, 0.1) is 5.75 Å². The Labute approximate surface area is 186 Å². The molecule has 6 nitrogen and oxygen atoms in total. The van der Waals surface area contributed by atoms with Gasteiger partial charge < -0.3 is 0 Å². The molecule has 0 aliphatic carbocycles. The number of hydrogen-bond acceptors (Lipinski definition) is 5. The number of hydrogen-bond donors (Lipinski definition) is 0. The van der Waals surface area contributed by atoms with Gasteiger partial charge in [-0.3, -0.25) is 18.6 Å². The SMILES string of the molecule is Cc1cc(C)c(C(=O)CSc2nnc3c(=O)n(-c4ccc(Br)cc4)ccn23)cc1C. The first kappa shape index (κ1) is 20.6. The number of rotatable bonds is 5. The predicted molar refractivity (Wildman–Crippen MR) is 122 cm³/mol. The van der Waals surface area contributed by atoms with E-state index >= 15 is 0 Å². The van der Waals surface area contributed by atoms with E-state index in [4.69, 9.17) is 0 Å². The van der Waals surface area contributed by atoms with Crippen LogP contribution in [0, 0.1) is 20.8 Å². The summed E-state index contributed by atoms with van der Waals surface area (Å²) in [5.74, 6) is 0.250. The van der Waals surface area contributed by atoms with Crippen LogP contribution in [0.5, 0.6) is 0 Å². The Balaban J connectivity index is 1.59. The van der Waals surface area contributed by atoms with Gasteiger partial charge in [0.1, 0.15) is 0 Å². The number of carbonyl (C=O) groups is 1. The van der Waals surface area contributed by atoms with Crippen LogP contribution >= 0.6 is 27.7 Å². The number of ketones is 1. The highest BCUT2D eigenvalue weighted by Crippen LogP contribution is 2.21. The monoisotopic (exact) mass is 482 g/mol. The maximum atomic E-state index is 12.9. The van der Waals surface area contributed by atoms with Crippen LogP contribution in [0.2, 0.25) is 0 Å². The fourth-order valence-corrected chi connectivity index (χ4v) is 4.30. The molecule has 2 aromatic heterocycles. The number of Topliss-reactive ketones (excluding diaryl/α,β-unsaturated/α-hetero) is 1. The normalized spacial score (nSPS) is 11.2. The van der Waals surface area contributed by atoms with Gasteiger partial charge in [0.25, 0.3) is 0 Å². The van der Waals surface area contributed by atoms with Crippen molar-refractivity contribution in [1.82, 2.24) is 19.2 Å². The number of halogens is 1. The van der Waals surface area contributed by atoms with Crippen LogP contribution < -0.4 is 5.56 Å². The molecule has 30 heavy (non-hydrogen) atoms. The van der Waals surface area contributed by atoms with Gasteiger partial charge in [-0.1, -0.05) is 33.8 Å². The Morgan fingerprint density at radius 2 is 1.70 bits per heavy atom. The molecule has 152 valence electrons. The predicted octanol–water partition coefficient (Wildman–Crippen LogP) is 4.54. The highest BCUT2D eigenvalue weighted by Gasteiger charge is 2.16. The largest absolute Gasteiger partial charge is 0.300 e. The average Bonchev–Trinajstić information content (AvgIpc) is 3.14. The van der Waals surface area contributed by atoms with Crippen LogP contribution in [0.4, 0.5) is 0 Å². The van der Waals surface area contributed by atoms with E-state index in [1.807, 2.05) is 57.2 Å². The zero-order chi connectivity index (χ0) is 21.4.